The molecule has 0 saturated heterocycles. The molecule has 20 heavy (non-hydrogen) atoms. The Morgan fingerprint density at radius 1 is 0.600 bits per heavy atom. The summed E-state index contributed by atoms with van der Waals surface area (Å²) in [6, 6.07) is 21.7. The van der Waals surface area contributed by atoms with Crippen molar-refractivity contribution in [2.45, 2.75) is 0 Å². The van der Waals surface area contributed by atoms with Gasteiger partial charge < -0.3 is 0 Å². The Bertz CT molecular complexity index is 551. The van der Waals surface area contributed by atoms with E-state index in [0.717, 1.165) is 11.4 Å². The molecule has 2 heterocycles. The first-order valence-corrected chi connectivity index (χ1v) is 6.57. The third-order valence-corrected chi connectivity index (χ3v) is 2.78. The van der Waals surface area contributed by atoms with Crippen molar-refractivity contribution in [3.05, 3.63) is 79.1 Å². The molecular formula is C16H15IrN2P. The fraction of sp³-hybridized carbons (Fsp3) is 0. The molecular weight excluding hydrogens is 443 g/mol. The van der Waals surface area contributed by atoms with Crippen LogP contribution in [0.15, 0.2) is 79.1 Å². The van der Waals surface area contributed by atoms with Crippen molar-refractivity contribution >= 4 is 14.5 Å². The molecule has 0 aliphatic rings. The van der Waals surface area contributed by atoms with Crippen LogP contribution in [0.5, 0.6) is 0 Å². The molecule has 0 spiro atoms. The Labute approximate surface area is 135 Å². The van der Waals surface area contributed by atoms with Crippen LogP contribution in [0.1, 0.15) is 0 Å². The van der Waals surface area contributed by atoms with E-state index in [1.165, 1.54) is 5.30 Å². The number of rotatable bonds is 1. The van der Waals surface area contributed by atoms with E-state index in [1.807, 2.05) is 66.7 Å². The molecule has 0 aliphatic heterocycles. The number of aromatic nitrogens is 2. The Hall–Kier alpha value is -1.40. The summed E-state index contributed by atoms with van der Waals surface area (Å²) in [6.45, 7) is 0. The second-order valence-corrected chi connectivity index (χ2v) is 4.51. The van der Waals surface area contributed by atoms with Crippen LogP contribution >= 0.6 is 9.24 Å². The van der Waals surface area contributed by atoms with Gasteiger partial charge in [0, 0.05) is 32.5 Å². The first-order valence-electron chi connectivity index (χ1n) is 5.99. The van der Waals surface area contributed by atoms with Crippen LogP contribution in [0.4, 0.5) is 0 Å². The molecule has 1 aromatic carbocycles. The van der Waals surface area contributed by atoms with Gasteiger partial charge in [0.2, 0.25) is 0 Å². The summed E-state index contributed by atoms with van der Waals surface area (Å²) in [5.41, 5.74) is 1.83. The van der Waals surface area contributed by atoms with Gasteiger partial charge in [0.25, 0.3) is 0 Å². The number of benzene rings is 1. The van der Waals surface area contributed by atoms with E-state index < -0.39 is 0 Å². The number of pyridine rings is 2. The average molecular weight is 459 g/mol. The van der Waals surface area contributed by atoms with Gasteiger partial charge in [0.15, 0.2) is 0 Å². The Morgan fingerprint density at radius 3 is 1.35 bits per heavy atom. The minimum absolute atomic E-state index is 0. The fourth-order valence-corrected chi connectivity index (χ4v) is 1.70. The zero-order chi connectivity index (χ0) is 13.3. The van der Waals surface area contributed by atoms with Gasteiger partial charge in [0.1, 0.15) is 0 Å². The van der Waals surface area contributed by atoms with Crippen LogP contribution < -0.4 is 5.30 Å². The molecule has 3 aromatic rings. The maximum atomic E-state index is 4.19. The van der Waals surface area contributed by atoms with Crippen molar-refractivity contribution in [2.24, 2.45) is 0 Å². The van der Waals surface area contributed by atoms with E-state index in [9.17, 15) is 0 Å². The van der Waals surface area contributed by atoms with Crippen molar-refractivity contribution < 1.29 is 20.1 Å². The summed E-state index contributed by atoms with van der Waals surface area (Å²) in [4.78, 5) is 8.37. The molecule has 0 bridgehead atoms. The van der Waals surface area contributed by atoms with Crippen molar-refractivity contribution in [3.63, 3.8) is 0 Å². The molecule has 0 fully saturated rings. The van der Waals surface area contributed by atoms with E-state index in [-0.39, 0.29) is 20.1 Å². The van der Waals surface area contributed by atoms with Crippen LogP contribution in [-0.2, 0) is 20.1 Å². The molecule has 1 atom stereocenters. The summed E-state index contributed by atoms with van der Waals surface area (Å²) < 4.78 is 0. The van der Waals surface area contributed by atoms with Crippen LogP contribution in [0.3, 0.4) is 0 Å². The van der Waals surface area contributed by atoms with Crippen LogP contribution in [0.25, 0.3) is 11.4 Å². The third kappa shape index (κ3) is 5.71. The molecule has 0 aliphatic carbocycles. The zero-order valence-electron chi connectivity index (χ0n) is 10.8. The van der Waals surface area contributed by atoms with Crippen LogP contribution in [0.2, 0.25) is 0 Å². The first-order chi connectivity index (χ1) is 9.36. The maximum absolute atomic E-state index is 4.19. The van der Waals surface area contributed by atoms with E-state index in [4.69, 9.17) is 0 Å². The second-order valence-electron chi connectivity index (χ2n) is 3.84. The van der Waals surface area contributed by atoms with E-state index >= 15 is 0 Å². The van der Waals surface area contributed by atoms with Crippen molar-refractivity contribution in [1.82, 2.24) is 9.97 Å². The van der Waals surface area contributed by atoms with E-state index in [1.54, 1.807) is 12.4 Å². The van der Waals surface area contributed by atoms with Gasteiger partial charge in [0.05, 0.1) is 11.4 Å². The molecule has 0 N–H and O–H groups in total. The predicted octanol–water partition coefficient (Wildman–Crippen LogP) is 3.33. The average Bonchev–Trinajstić information content (AvgIpc) is 2.51. The molecule has 4 heteroatoms. The smallest absolute Gasteiger partial charge is 0.0886 e. The Kier molecular flexibility index (Phi) is 7.91. The Morgan fingerprint density at radius 2 is 1.05 bits per heavy atom. The Balaban J connectivity index is 0.000000216. The first kappa shape index (κ1) is 16.7. The van der Waals surface area contributed by atoms with E-state index in [2.05, 4.69) is 19.2 Å². The fourth-order valence-electron chi connectivity index (χ4n) is 1.48. The summed E-state index contributed by atoms with van der Waals surface area (Å²) in [5, 5.41) is 1.24. The minimum Gasteiger partial charge on any atom is -0.255 e. The van der Waals surface area contributed by atoms with Crippen molar-refractivity contribution in [2.75, 3.05) is 0 Å². The molecule has 2 nitrogen and oxygen atoms in total. The molecule has 2 aromatic heterocycles. The van der Waals surface area contributed by atoms with Crippen molar-refractivity contribution in [3.8, 4) is 11.4 Å². The molecule has 0 amide bonds. The summed E-state index contributed by atoms with van der Waals surface area (Å²) in [6.07, 6.45) is 3.54. The molecule has 3 rings (SSSR count). The van der Waals surface area contributed by atoms with Crippen LogP contribution in [-0.4, -0.2) is 9.97 Å². The number of nitrogens with zero attached hydrogens (tertiary/aromatic N) is 2. The summed E-state index contributed by atoms with van der Waals surface area (Å²) in [7, 11) is 2.63. The number of hydrogen-bond acceptors (Lipinski definition) is 2. The second kappa shape index (κ2) is 9.49. The standard InChI is InChI=1S/C10H8N2.C6H7P.Ir/c1-3-7-11-9(5-1)10-6-2-4-8-12-10;7-6-4-2-1-3-5-6;/h1-8H;1-5H,7H2;. The normalized spacial score (nSPS) is 8.85. The third-order valence-electron chi connectivity index (χ3n) is 2.39. The topological polar surface area (TPSA) is 25.8 Å². The molecule has 1 radical (unpaired) electrons. The summed E-state index contributed by atoms with van der Waals surface area (Å²) in [5.74, 6) is 0. The molecule has 103 valence electrons. The van der Waals surface area contributed by atoms with Crippen molar-refractivity contribution in [1.29, 1.82) is 0 Å². The quantitative estimate of drug-likeness (QED) is 0.523. The van der Waals surface area contributed by atoms with Gasteiger partial charge >= 0.3 is 0 Å². The molecule has 0 saturated carbocycles. The largest absolute Gasteiger partial charge is 0.255 e. The maximum Gasteiger partial charge on any atom is 0.0886 e. The van der Waals surface area contributed by atoms with Gasteiger partial charge in [-0.1, -0.05) is 42.5 Å². The minimum atomic E-state index is 0. The van der Waals surface area contributed by atoms with Gasteiger partial charge in [-0.25, -0.2) is 0 Å². The van der Waals surface area contributed by atoms with Gasteiger partial charge in [-0.05, 0) is 29.6 Å². The van der Waals surface area contributed by atoms with Crippen LogP contribution in [0, 0.1) is 0 Å². The number of hydrogen-bond donors (Lipinski definition) is 0. The van der Waals surface area contributed by atoms with Gasteiger partial charge in [-0.3, -0.25) is 9.97 Å². The molecule has 1 unspecified atom stereocenters. The van der Waals surface area contributed by atoms with E-state index in [0.29, 0.717) is 0 Å². The van der Waals surface area contributed by atoms with Gasteiger partial charge in [-0.2, -0.15) is 0 Å². The predicted molar refractivity (Wildman–Crippen MR) is 83.3 cm³/mol. The summed E-state index contributed by atoms with van der Waals surface area (Å²) >= 11 is 0. The monoisotopic (exact) mass is 459 g/mol. The zero-order valence-corrected chi connectivity index (χ0v) is 14.4. The van der Waals surface area contributed by atoms with Gasteiger partial charge in [-0.15, -0.1) is 9.24 Å². The SMILES string of the molecule is Pc1ccccc1.[Ir].c1ccc(-c2ccccn2)nc1.